The summed E-state index contributed by atoms with van der Waals surface area (Å²) in [5.74, 6) is 0.237. The van der Waals surface area contributed by atoms with E-state index in [4.69, 9.17) is 5.73 Å². The van der Waals surface area contributed by atoms with E-state index in [1.54, 1.807) is 18.5 Å². The van der Waals surface area contributed by atoms with Crippen LogP contribution in [-0.2, 0) is 4.79 Å². The third-order valence-corrected chi connectivity index (χ3v) is 1.42. The number of carbonyl (C=O) groups excluding carboxylic acids is 1. The van der Waals surface area contributed by atoms with E-state index in [9.17, 15) is 4.79 Å². The summed E-state index contributed by atoms with van der Waals surface area (Å²) >= 11 is 0. The first-order chi connectivity index (χ1) is 6.33. The Morgan fingerprint density at radius 1 is 1.46 bits per heavy atom. The number of hydrogen-bond acceptors (Lipinski definition) is 4. The van der Waals surface area contributed by atoms with Crippen LogP contribution < -0.4 is 11.1 Å². The molecule has 0 unspecified atom stereocenters. The molecular formula is C8H12N4O. The normalized spacial score (nSPS) is 9.62. The van der Waals surface area contributed by atoms with Gasteiger partial charge in [0.1, 0.15) is 0 Å². The third-order valence-electron chi connectivity index (χ3n) is 1.42. The second-order valence-corrected chi connectivity index (χ2v) is 2.51. The maximum atomic E-state index is 11.1. The molecule has 0 fully saturated rings. The summed E-state index contributed by atoms with van der Waals surface area (Å²) in [6.07, 6.45) is 4.24. The largest absolute Gasteiger partial charge is 0.330 e. The summed E-state index contributed by atoms with van der Waals surface area (Å²) in [4.78, 5) is 18.8. The van der Waals surface area contributed by atoms with Crippen molar-refractivity contribution in [2.24, 2.45) is 5.73 Å². The molecule has 0 atom stereocenters. The molecule has 70 valence electrons. The van der Waals surface area contributed by atoms with Gasteiger partial charge in [-0.25, -0.2) is 9.97 Å². The molecule has 0 aliphatic rings. The minimum Gasteiger partial charge on any atom is -0.330 e. The van der Waals surface area contributed by atoms with Crippen LogP contribution in [0.3, 0.4) is 0 Å². The van der Waals surface area contributed by atoms with Crippen molar-refractivity contribution in [3.05, 3.63) is 18.5 Å². The van der Waals surface area contributed by atoms with Crippen LogP contribution in [0.15, 0.2) is 18.5 Å². The van der Waals surface area contributed by atoms with Crippen molar-refractivity contribution in [2.75, 3.05) is 11.9 Å². The SMILES string of the molecule is NCCCC(=O)Nc1ncccn1. The van der Waals surface area contributed by atoms with Crippen LogP contribution in [0.25, 0.3) is 0 Å². The van der Waals surface area contributed by atoms with E-state index in [0.717, 1.165) is 0 Å². The van der Waals surface area contributed by atoms with Gasteiger partial charge in [-0.15, -0.1) is 0 Å². The van der Waals surface area contributed by atoms with Gasteiger partial charge in [-0.05, 0) is 19.0 Å². The third kappa shape index (κ3) is 3.62. The van der Waals surface area contributed by atoms with E-state index in [-0.39, 0.29) is 5.91 Å². The standard InChI is InChI=1S/C8H12N4O/c9-4-1-3-7(13)12-8-10-5-2-6-11-8/h2,5-6H,1,3-4,9H2,(H,10,11,12,13). The van der Waals surface area contributed by atoms with E-state index < -0.39 is 0 Å². The minimum atomic E-state index is -0.100. The summed E-state index contributed by atoms with van der Waals surface area (Å²) in [6, 6.07) is 1.69. The number of rotatable bonds is 4. The van der Waals surface area contributed by atoms with Crippen molar-refractivity contribution in [2.45, 2.75) is 12.8 Å². The Morgan fingerprint density at radius 3 is 2.77 bits per heavy atom. The number of aromatic nitrogens is 2. The summed E-state index contributed by atoms with van der Waals surface area (Å²) in [6.45, 7) is 0.517. The van der Waals surface area contributed by atoms with Gasteiger partial charge in [0.15, 0.2) is 0 Å². The average molecular weight is 180 g/mol. The fourth-order valence-electron chi connectivity index (χ4n) is 0.813. The second kappa shape index (κ2) is 5.21. The minimum absolute atomic E-state index is 0.100. The molecule has 5 nitrogen and oxygen atoms in total. The van der Waals surface area contributed by atoms with Gasteiger partial charge >= 0.3 is 0 Å². The molecule has 1 aromatic rings. The van der Waals surface area contributed by atoms with Crippen LogP contribution in [0.4, 0.5) is 5.95 Å². The zero-order chi connectivity index (χ0) is 9.52. The van der Waals surface area contributed by atoms with E-state index in [1.165, 1.54) is 0 Å². The molecule has 3 N–H and O–H groups in total. The predicted octanol–water partition coefficient (Wildman–Crippen LogP) is 0.154. The smallest absolute Gasteiger partial charge is 0.229 e. The molecule has 5 heteroatoms. The molecule has 1 heterocycles. The lowest BCUT2D eigenvalue weighted by molar-refractivity contribution is -0.116. The Bertz CT molecular complexity index is 262. The Labute approximate surface area is 76.4 Å². The lowest BCUT2D eigenvalue weighted by Gasteiger charge is -2.00. The highest BCUT2D eigenvalue weighted by Gasteiger charge is 2.01. The van der Waals surface area contributed by atoms with Gasteiger partial charge in [-0.1, -0.05) is 0 Å². The number of hydrogen-bond donors (Lipinski definition) is 2. The maximum absolute atomic E-state index is 11.1. The summed E-state index contributed by atoms with van der Waals surface area (Å²) in [5, 5.41) is 2.56. The van der Waals surface area contributed by atoms with E-state index in [2.05, 4.69) is 15.3 Å². The number of nitrogens with zero attached hydrogens (tertiary/aromatic N) is 2. The molecule has 0 spiro atoms. The van der Waals surface area contributed by atoms with Crippen LogP contribution in [0.2, 0.25) is 0 Å². The average Bonchev–Trinajstić information content (AvgIpc) is 2.16. The van der Waals surface area contributed by atoms with Crippen molar-refractivity contribution in [3.63, 3.8) is 0 Å². The Morgan fingerprint density at radius 2 is 2.15 bits per heavy atom. The Balaban J connectivity index is 2.37. The molecule has 0 aromatic carbocycles. The van der Waals surface area contributed by atoms with Gasteiger partial charge in [-0.2, -0.15) is 0 Å². The van der Waals surface area contributed by atoms with Crippen LogP contribution in [0, 0.1) is 0 Å². The monoisotopic (exact) mass is 180 g/mol. The van der Waals surface area contributed by atoms with Crippen molar-refractivity contribution in [3.8, 4) is 0 Å². The predicted molar refractivity (Wildman–Crippen MR) is 49.0 cm³/mol. The van der Waals surface area contributed by atoms with Crippen molar-refractivity contribution < 1.29 is 4.79 Å². The quantitative estimate of drug-likeness (QED) is 0.691. The molecule has 1 rings (SSSR count). The highest BCUT2D eigenvalue weighted by molar-refractivity contribution is 5.88. The number of carbonyl (C=O) groups is 1. The maximum Gasteiger partial charge on any atom is 0.229 e. The molecule has 0 bridgehead atoms. The number of amides is 1. The lowest BCUT2D eigenvalue weighted by Crippen LogP contribution is -2.14. The van der Waals surface area contributed by atoms with E-state index >= 15 is 0 Å². The number of nitrogens with two attached hydrogens (primary N) is 1. The highest BCUT2D eigenvalue weighted by atomic mass is 16.1. The summed E-state index contributed by atoms with van der Waals surface area (Å²) in [5.41, 5.74) is 5.26. The van der Waals surface area contributed by atoms with Crippen LogP contribution in [-0.4, -0.2) is 22.4 Å². The number of nitrogens with one attached hydrogen (secondary N) is 1. The second-order valence-electron chi connectivity index (χ2n) is 2.51. The molecule has 0 saturated carbocycles. The zero-order valence-electron chi connectivity index (χ0n) is 7.23. The van der Waals surface area contributed by atoms with Gasteiger partial charge in [0, 0.05) is 18.8 Å². The highest BCUT2D eigenvalue weighted by Crippen LogP contribution is 1.96. The van der Waals surface area contributed by atoms with E-state index in [0.29, 0.717) is 25.3 Å². The topological polar surface area (TPSA) is 80.9 Å². The molecule has 0 aliphatic heterocycles. The molecule has 0 aliphatic carbocycles. The van der Waals surface area contributed by atoms with Crippen LogP contribution >= 0.6 is 0 Å². The Kier molecular flexibility index (Phi) is 3.84. The van der Waals surface area contributed by atoms with Crippen molar-refractivity contribution >= 4 is 11.9 Å². The van der Waals surface area contributed by atoms with Crippen molar-refractivity contribution in [1.82, 2.24) is 9.97 Å². The fourth-order valence-corrected chi connectivity index (χ4v) is 0.813. The first-order valence-corrected chi connectivity index (χ1v) is 4.10. The van der Waals surface area contributed by atoms with Crippen LogP contribution in [0.1, 0.15) is 12.8 Å². The molecule has 1 aromatic heterocycles. The fraction of sp³-hybridized carbons (Fsp3) is 0.375. The summed E-state index contributed by atoms with van der Waals surface area (Å²) in [7, 11) is 0. The van der Waals surface area contributed by atoms with Crippen molar-refractivity contribution in [1.29, 1.82) is 0 Å². The molecular weight excluding hydrogens is 168 g/mol. The molecule has 13 heavy (non-hydrogen) atoms. The lowest BCUT2D eigenvalue weighted by atomic mass is 10.3. The zero-order valence-corrected chi connectivity index (χ0v) is 7.23. The molecule has 1 amide bonds. The van der Waals surface area contributed by atoms with Gasteiger partial charge in [-0.3, -0.25) is 10.1 Å². The number of anilines is 1. The van der Waals surface area contributed by atoms with E-state index in [1.807, 2.05) is 0 Å². The van der Waals surface area contributed by atoms with Gasteiger partial charge in [0.2, 0.25) is 11.9 Å². The molecule has 0 saturated heterocycles. The van der Waals surface area contributed by atoms with Crippen LogP contribution in [0.5, 0.6) is 0 Å². The first kappa shape index (κ1) is 9.60. The first-order valence-electron chi connectivity index (χ1n) is 4.10. The van der Waals surface area contributed by atoms with Gasteiger partial charge < -0.3 is 5.73 Å². The van der Waals surface area contributed by atoms with Gasteiger partial charge in [0.05, 0.1) is 0 Å². The molecule has 0 radical (unpaired) electrons. The van der Waals surface area contributed by atoms with Gasteiger partial charge in [0.25, 0.3) is 0 Å². The summed E-state index contributed by atoms with van der Waals surface area (Å²) < 4.78 is 0. The Hall–Kier alpha value is -1.49.